The van der Waals surface area contributed by atoms with Gasteiger partial charge in [0.15, 0.2) is 0 Å². The van der Waals surface area contributed by atoms with E-state index in [-0.39, 0.29) is 23.6 Å². The molecule has 0 spiro atoms. The predicted molar refractivity (Wildman–Crippen MR) is 81.5 cm³/mol. The van der Waals surface area contributed by atoms with Crippen molar-refractivity contribution in [2.24, 2.45) is 11.8 Å². The van der Waals surface area contributed by atoms with Gasteiger partial charge in [0, 0.05) is 19.3 Å². The zero-order chi connectivity index (χ0) is 15.1. The van der Waals surface area contributed by atoms with E-state index in [1.807, 2.05) is 43.3 Å². The lowest BCUT2D eigenvalue weighted by molar-refractivity contribution is -0.146. The lowest BCUT2D eigenvalue weighted by atomic mass is 9.90. The Morgan fingerprint density at radius 3 is 2.67 bits per heavy atom. The van der Waals surface area contributed by atoms with E-state index < -0.39 is 0 Å². The fourth-order valence-electron chi connectivity index (χ4n) is 2.84. The van der Waals surface area contributed by atoms with Crippen molar-refractivity contribution in [2.45, 2.75) is 39.2 Å². The summed E-state index contributed by atoms with van der Waals surface area (Å²) >= 11 is 0. The van der Waals surface area contributed by atoms with Crippen LogP contribution in [0.25, 0.3) is 0 Å². The van der Waals surface area contributed by atoms with Gasteiger partial charge in [0.25, 0.3) is 0 Å². The summed E-state index contributed by atoms with van der Waals surface area (Å²) in [5.41, 5.74) is 0.985. The third kappa shape index (κ3) is 4.85. The van der Waals surface area contributed by atoms with Gasteiger partial charge in [-0.2, -0.15) is 0 Å². The maximum Gasteiger partial charge on any atom is 0.306 e. The summed E-state index contributed by atoms with van der Waals surface area (Å²) in [5, 5.41) is 0. The first-order valence-electron chi connectivity index (χ1n) is 7.51. The van der Waals surface area contributed by atoms with Crippen molar-refractivity contribution in [1.29, 1.82) is 0 Å². The smallest absolute Gasteiger partial charge is 0.306 e. The van der Waals surface area contributed by atoms with Gasteiger partial charge in [-0.05, 0) is 30.7 Å². The van der Waals surface area contributed by atoms with E-state index in [0.717, 1.165) is 12.0 Å². The molecule has 2 rings (SSSR count). The van der Waals surface area contributed by atoms with Crippen LogP contribution in [0.2, 0.25) is 0 Å². The number of hydrogen-bond acceptors (Lipinski definition) is 3. The maximum atomic E-state index is 11.9. The number of carbonyl (C=O) groups excluding carboxylic acids is 2. The molecule has 0 aromatic heterocycles. The average molecular weight is 286 g/mol. The largest absolute Gasteiger partial charge is 0.461 e. The molecule has 1 aromatic rings. The molecular weight excluding hydrogens is 264 g/mol. The summed E-state index contributed by atoms with van der Waals surface area (Å²) in [6.45, 7) is 2.28. The van der Waals surface area contributed by atoms with E-state index in [2.05, 4.69) is 6.08 Å². The van der Waals surface area contributed by atoms with Crippen molar-refractivity contribution in [3.63, 3.8) is 0 Å². The molecule has 1 saturated carbocycles. The van der Waals surface area contributed by atoms with Gasteiger partial charge in [-0.15, -0.1) is 0 Å². The molecule has 1 aliphatic carbocycles. The van der Waals surface area contributed by atoms with Crippen molar-refractivity contribution in [3.05, 3.63) is 48.0 Å². The Labute approximate surface area is 126 Å². The van der Waals surface area contributed by atoms with Crippen molar-refractivity contribution >= 4 is 11.8 Å². The minimum atomic E-state index is -0.205. The summed E-state index contributed by atoms with van der Waals surface area (Å²) in [7, 11) is 0. The number of rotatable bonds is 6. The summed E-state index contributed by atoms with van der Waals surface area (Å²) in [6, 6.07) is 9.64. The second-order valence-electron chi connectivity index (χ2n) is 5.62. The lowest BCUT2D eigenvalue weighted by Gasteiger charge is -2.16. The minimum absolute atomic E-state index is 0.136. The molecule has 21 heavy (non-hydrogen) atoms. The molecule has 1 fully saturated rings. The van der Waals surface area contributed by atoms with E-state index >= 15 is 0 Å². The third-order valence-electron chi connectivity index (χ3n) is 3.99. The highest BCUT2D eigenvalue weighted by Gasteiger charge is 2.33. The zero-order valence-corrected chi connectivity index (χ0v) is 12.5. The first-order valence-corrected chi connectivity index (χ1v) is 7.51. The number of Topliss-reactive ketones (excluding diaryl/α,β-unsaturated/α-hetero) is 1. The Hall–Kier alpha value is -1.90. The third-order valence-corrected chi connectivity index (χ3v) is 3.99. The maximum absolute atomic E-state index is 11.9. The van der Waals surface area contributed by atoms with Crippen LogP contribution in [0.15, 0.2) is 42.5 Å². The van der Waals surface area contributed by atoms with E-state index in [4.69, 9.17) is 4.74 Å². The Morgan fingerprint density at radius 2 is 1.95 bits per heavy atom. The first kappa shape index (κ1) is 15.5. The van der Waals surface area contributed by atoms with Gasteiger partial charge < -0.3 is 4.74 Å². The van der Waals surface area contributed by atoms with Gasteiger partial charge in [-0.1, -0.05) is 42.5 Å². The van der Waals surface area contributed by atoms with Crippen LogP contribution in [0, 0.1) is 11.8 Å². The molecular formula is C18H22O3. The topological polar surface area (TPSA) is 43.4 Å². The lowest BCUT2D eigenvalue weighted by Crippen LogP contribution is -2.15. The Balaban J connectivity index is 1.82. The van der Waals surface area contributed by atoms with Crippen molar-refractivity contribution < 1.29 is 14.3 Å². The van der Waals surface area contributed by atoms with E-state index in [1.54, 1.807) is 0 Å². The van der Waals surface area contributed by atoms with Crippen LogP contribution in [-0.4, -0.2) is 11.8 Å². The highest BCUT2D eigenvalue weighted by atomic mass is 16.5. The second-order valence-corrected chi connectivity index (χ2v) is 5.62. The Bertz CT molecular complexity index is 504. The normalized spacial score (nSPS) is 21.9. The van der Waals surface area contributed by atoms with Crippen LogP contribution in [-0.2, 0) is 20.9 Å². The molecule has 3 nitrogen and oxygen atoms in total. The van der Waals surface area contributed by atoms with Crippen LogP contribution >= 0.6 is 0 Å². The van der Waals surface area contributed by atoms with Gasteiger partial charge in [-0.25, -0.2) is 0 Å². The van der Waals surface area contributed by atoms with Crippen LogP contribution in [0.3, 0.4) is 0 Å². The fraction of sp³-hybridized carbons (Fsp3) is 0.444. The van der Waals surface area contributed by atoms with E-state index in [1.165, 1.54) is 0 Å². The van der Waals surface area contributed by atoms with Crippen LogP contribution in [0.5, 0.6) is 0 Å². The number of allylic oxidation sites excluding steroid dienone is 2. The molecule has 0 aliphatic heterocycles. The van der Waals surface area contributed by atoms with E-state index in [9.17, 15) is 9.59 Å². The molecule has 1 aromatic carbocycles. The first-order chi connectivity index (χ1) is 10.2. The summed E-state index contributed by atoms with van der Waals surface area (Å²) in [4.78, 5) is 23.6. The summed E-state index contributed by atoms with van der Waals surface area (Å²) in [6.07, 6.45) is 6.41. The molecule has 0 radical (unpaired) electrons. The quantitative estimate of drug-likeness (QED) is 0.592. The minimum Gasteiger partial charge on any atom is -0.461 e. The fourth-order valence-corrected chi connectivity index (χ4v) is 2.84. The average Bonchev–Trinajstić information content (AvgIpc) is 2.83. The molecule has 0 N–H and O–H groups in total. The number of benzene rings is 1. The number of esters is 1. The van der Waals surface area contributed by atoms with Gasteiger partial charge in [0.1, 0.15) is 12.4 Å². The van der Waals surface area contributed by atoms with Gasteiger partial charge in [0.2, 0.25) is 0 Å². The van der Waals surface area contributed by atoms with E-state index in [0.29, 0.717) is 25.9 Å². The molecule has 0 amide bonds. The Morgan fingerprint density at radius 1 is 1.24 bits per heavy atom. The molecule has 3 heteroatoms. The molecule has 112 valence electrons. The summed E-state index contributed by atoms with van der Waals surface area (Å²) in [5.74, 6) is 0.490. The van der Waals surface area contributed by atoms with Gasteiger partial charge >= 0.3 is 5.97 Å². The monoisotopic (exact) mass is 286 g/mol. The van der Waals surface area contributed by atoms with Gasteiger partial charge in [0.05, 0.1) is 0 Å². The van der Waals surface area contributed by atoms with Crippen LogP contribution in [0.1, 0.15) is 38.2 Å². The number of hydrogen-bond donors (Lipinski definition) is 0. The molecule has 0 saturated heterocycles. The van der Waals surface area contributed by atoms with Gasteiger partial charge in [-0.3, -0.25) is 9.59 Å². The SMILES string of the molecule is CC=CCC1CC(=O)CC1CC(=O)OCc1ccccc1. The molecule has 1 aliphatic rings. The zero-order valence-electron chi connectivity index (χ0n) is 12.5. The number of carbonyl (C=O) groups is 2. The highest BCUT2D eigenvalue weighted by molar-refractivity contribution is 5.82. The molecule has 2 atom stereocenters. The highest BCUT2D eigenvalue weighted by Crippen LogP contribution is 2.34. The number of ketones is 1. The molecule has 0 heterocycles. The van der Waals surface area contributed by atoms with Crippen molar-refractivity contribution in [3.8, 4) is 0 Å². The molecule has 0 bridgehead atoms. The van der Waals surface area contributed by atoms with Crippen molar-refractivity contribution in [2.75, 3.05) is 0 Å². The number of ether oxygens (including phenoxy) is 1. The molecule has 2 unspecified atom stereocenters. The standard InChI is InChI=1S/C18H22O3/c1-2-3-9-15-10-17(19)11-16(15)12-18(20)21-13-14-7-5-4-6-8-14/h2-8,15-16H,9-13H2,1H3. The second kappa shape index (κ2) is 7.77. The Kier molecular flexibility index (Phi) is 5.73. The van der Waals surface area contributed by atoms with Crippen LogP contribution < -0.4 is 0 Å². The van der Waals surface area contributed by atoms with Crippen LogP contribution in [0.4, 0.5) is 0 Å². The predicted octanol–water partition coefficient (Wildman–Crippen LogP) is 3.68. The van der Waals surface area contributed by atoms with Crippen molar-refractivity contribution in [1.82, 2.24) is 0 Å². The summed E-state index contributed by atoms with van der Waals surface area (Å²) < 4.78 is 5.31.